The zero-order valence-corrected chi connectivity index (χ0v) is 9.75. The normalized spacial score (nSPS) is 10.2. The van der Waals surface area contributed by atoms with Crippen LogP contribution in [0.5, 0.6) is 0 Å². The van der Waals surface area contributed by atoms with E-state index in [1.807, 2.05) is 13.8 Å². The maximum absolute atomic E-state index is 11.3. The molecule has 0 bridgehead atoms. The van der Waals surface area contributed by atoms with Crippen molar-refractivity contribution in [2.75, 3.05) is 17.6 Å². The summed E-state index contributed by atoms with van der Waals surface area (Å²) in [5, 5.41) is 5.38. The van der Waals surface area contributed by atoms with Gasteiger partial charge in [-0.15, -0.1) is 0 Å². The smallest absolute Gasteiger partial charge is 0.239 e. The van der Waals surface area contributed by atoms with E-state index in [2.05, 4.69) is 25.6 Å². The Balaban J connectivity index is 2.51. The lowest BCUT2D eigenvalue weighted by molar-refractivity contribution is -0.119. The first kappa shape index (κ1) is 12.4. The maximum Gasteiger partial charge on any atom is 0.239 e. The van der Waals surface area contributed by atoms with Gasteiger partial charge in [-0.3, -0.25) is 4.79 Å². The van der Waals surface area contributed by atoms with Crippen molar-refractivity contribution in [3.05, 3.63) is 5.28 Å². The van der Waals surface area contributed by atoms with Crippen LogP contribution in [0.15, 0.2) is 0 Å². The highest BCUT2D eigenvalue weighted by atomic mass is 35.5. The Hall–Kier alpha value is -1.63. The van der Waals surface area contributed by atoms with E-state index in [9.17, 15) is 4.79 Å². The molecule has 1 amide bonds. The molecule has 1 aromatic heterocycles. The number of rotatable bonds is 4. The predicted molar refractivity (Wildman–Crippen MR) is 61.0 cm³/mol. The Morgan fingerprint density at radius 3 is 2.69 bits per heavy atom. The Kier molecular flexibility index (Phi) is 4.24. The fourth-order valence-corrected chi connectivity index (χ4v) is 1.14. The molecule has 0 fully saturated rings. The minimum Gasteiger partial charge on any atom is -0.368 e. The van der Waals surface area contributed by atoms with E-state index >= 15 is 0 Å². The molecule has 16 heavy (non-hydrogen) atoms. The van der Waals surface area contributed by atoms with Crippen LogP contribution in [-0.4, -0.2) is 33.4 Å². The number of hydrogen-bond donors (Lipinski definition) is 3. The number of nitrogens with one attached hydrogen (secondary N) is 2. The molecule has 88 valence electrons. The molecule has 7 nitrogen and oxygen atoms in total. The first-order chi connectivity index (χ1) is 7.47. The molecule has 1 aromatic rings. The number of nitrogen functional groups attached to an aromatic ring is 1. The summed E-state index contributed by atoms with van der Waals surface area (Å²) in [5.74, 6) is 0.0216. The molecule has 0 unspecified atom stereocenters. The minimum atomic E-state index is -0.162. The number of nitrogens with two attached hydrogens (primary N) is 1. The van der Waals surface area contributed by atoms with Gasteiger partial charge in [0.2, 0.25) is 23.1 Å². The van der Waals surface area contributed by atoms with Crippen LogP contribution in [0.2, 0.25) is 5.28 Å². The number of nitrogens with zero attached hydrogens (tertiary/aromatic N) is 3. The van der Waals surface area contributed by atoms with Crippen molar-refractivity contribution in [2.24, 2.45) is 0 Å². The Morgan fingerprint density at radius 1 is 1.44 bits per heavy atom. The van der Waals surface area contributed by atoms with Crippen molar-refractivity contribution < 1.29 is 4.79 Å². The molecule has 1 heterocycles. The topological polar surface area (TPSA) is 106 Å². The second-order valence-electron chi connectivity index (χ2n) is 3.36. The summed E-state index contributed by atoms with van der Waals surface area (Å²) in [5.41, 5.74) is 5.36. The maximum atomic E-state index is 11.3. The molecule has 4 N–H and O–H groups in total. The monoisotopic (exact) mass is 244 g/mol. The number of carbonyl (C=O) groups excluding carboxylic acids is 1. The lowest BCUT2D eigenvalue weighted by atomic mass is 10.4. The van der Waals surface area contributed by atoms with Crippen molar-refractivity contribution in [1.82, 2.24) is 20.3 Å². The van der Waals surface area contributed by atoms with Gasteiger partial charge in [-0.25, -0.2) is 0 Å². The average molecular weight is 245 g/mol. The lowest BCUT2D eigenvalue weighted by Crippen LogP contribution is -2.35. The molecule has 1 rings (SSSR count). The van der Waals surface area contributed by atoms with Gasteiger partial charge in [0.1, 0.15) is 0 Å². The molecule has 0 aromatic carbocycles. The van der Waals surface area contributed by atoms with Gasteiger partial charge >= 0.3 is 0 Å². The summed E-state index contributed by atoms with van der Waals surface area (Å²) in [4.78, 5) is 22.4. The second kappa shape index (κ2) is 5.45. The van der Waals surface area contributed by atoms with Gasteiger partial charge in [0.15, 0.2) is 0 Å². The average Bonchev–Trinajstić information content (AvgIpc) is 2.12. The number of anilines is 2. The van der Waals surface area contributed by atoms with E-state index in [-0.39, 0.29) is 35.7 Å². The molecular formula is C8H13ClN6O. The molecule has 0 aliphatic carbocycles. The molecule has 0 aliphatic heterocycles. The van der Waals surface area contributed by atoms with E-state index in [1.165, 1.54) is 0 Å². The van der Waals surface area contributed by atoms with Crippen LogP contribution >= 0.6 is 11.6 Å². The number of amides is 1. The molecule has 0 saturated heterocycles. The molecule has 0 saturated carbocycles. The summed E-state index contributed by atoms with van der Waals surface area (Å²) < 4.78 is 0. The summed E-state index contributed by atoms with van der Waals surface area (Å²) in [6.45, 7) is 3.79. The van der Waals surface area contributed by atoms with E-state index in [1.54, 1.807) is 0 Å². The zero-order chi connectivity index (χ0) is 12.1. The van der Waals surface area contributed by atoms with Gasteiger partial charge in [0, 0.05) is 6.04 Å². The van der Waals surface area contributed by atoms with Crippen LogP contribution in [0.3, 0.4) is 0 Å². The van der Waals surface area contributed by atoms with Crippen LogP contribution < -0.4 is 16.4 Å². The summed E-state index contributed by atoms with van der Waals surface area (Å²) in [6.07, 6.45) is 0. The largest absolute Gasteiger partial charge is 0.368 e. The zero-order valence-electron chi connectivity index (χ0n) is 8.99. The van der Waals surface area contributed by atoms with Crippen LogP contribution in [-0.2, 0) is 4.79 Å². The number of aromatic nitrogens is 3. The van der Waals surface area contributed by atoms with Crippen molar-refractivity contribution in [2.45, 2.75) is 19.9 Å². The van der Waals surface area contributed by atoms with Crippen molar-refractivity contribution in [3.8, 4) is 0 Å². The van der Waals surface area contributed by atoms with Gasteiger partial charge in [0.05, 0.1) is 6.54 Å². The quantitative estimate of drug-likeness (QED) is 0.691. The number of halogens is 1. The molecule has 0 atom stereocenters. The molecule has 0 spiro atoms. The van der Waals surface area contributed by atoms with Crippen molar-refractivity contribution in [3.63, 3.8) is 0 Å². The third-order valence-corrected chi connectivity index (χ3v) is 1.65. The van der Waals surface area contributed by atoms with Crippen LogP contribution in [0.4, 0.5) is 11.9 Å². The first-order valence-corrected chi connectivity index (χ1v) is 5.05. The van der Waals surface area contributed by atoms with E-state index in [4.69, 9.17) is 17.3 Å². The summed E-state index contributed by atoms with van der Waals surface area (Å²) >= 11 is 5.57. The summed E-state index contributed by atoms with van der Waals surface area (Å²) in [7, 11) is 0. The van der Waals surface area contributed by atoms with Gasteiger partial charge in [0.25, 0.3) is 0 Å². The number of hydrogen-bond acceptors (Lipinski definition) is 6. The van der Waals surface area contributed by atoms with E-state index < -0.39 is 0 Å². The molecule has 0 aliphatic rings. The van der Waals surface area contributed by atoms with Crippen LogP contribution in [0.25, 0.3) is 0 Å². The highest BCUT2D eigenvalue weighted by Gasteiger charge is 2.05. The lowest BCUT2D eigenvalue weighted by Gasteiger charge is -2.09. The SMILES string of the molecule is CC(C)NC(=O)CNc1nc(N)nc(Cl)n1. The first-order valence-electron chi connectivity index (χ1n) is 4.67. The second-order valence-corrected chi connectivity index (χ2v) is 3.70. The fourth-order valence-electron chi connectivity index (χ4n) is 0.977. The van der Waals surface area contributed by atoms with Gasteiger partial charge in [-0.1, -0.05) is 0 Å². The van der Waals surface area contributed by atoms with Gasteiger partial charge in [-0.2, -0.15) is 15.0 Å². The van der Waals surface area contributed by atoms with E-state index in [0.717, 1.165) is 0 Å². The minimum absolute atomic E-state index is 0.00627. The summed E-state index contributed by atoms with van der Waals surface area (Å²) in [6, 6.07) is 0.0846. The fraction of sp³-hybridized carbons (Fsp3) is 0.500. The Labute approximate surface area is 97.8 Å². The molecule has 8 heteroatoms. The van der Waals surface area contributed by atoms with Gasteiger partial charge in [-0.05, 0) is 25.4 Å². The van der Waals surface area contributed by atoms with Gasteiger partial charge < -0.3 is 16.4 Å². The standard InChI is InChI=1S/C8H13ClN6O/c1-4(2)12-5(16)3-11-8-14-6(9)13-7(10)15-8/h4H,3H2,1-2H3,(H,12,16)(H3,10,11,13,14,15). The number of carbonyl (C=O) groups is 1. The van der Waals surface area contributed by atoms with Crippen LogP contribution in [0, 0.1) is 0 Å². The highest BCUT2D eigenvalue weighted by molar-refractivity contribution is 6.28. The Morgan fingerprint density at radius 2 is 2.12 bits per heavy atom. The third-order valence-electron chi connectivity index (χ3n) is 1.48. The van der Waals surface area contributed by atoms with Crippen molar-refractivity contribution >= 4 is 29.4 Å². The van der Waals surface area contributed by atoms with E-state index in [0.29, 0.717) is 0 Å². The van der Waals surface area contributed by atoms with Crippen LogP contribution in [0.1, 0.15) is 13.8 Å². The molecular weight excluding hydrogens is 232 g/mol. The molecule has 0 radical (unpaired) electrons. The Bertz CT molecular complexity index is 363. The predicted octanol–water partition coefficient (Wildman–Crippen LogP) is 0.0437. The van der Waals surface area contributed by atoms with Crippen molar-refractivity contribution in [1.29, 1.82) is 0 Å². The highest BCUT2D eigenvalue weighted by Crippen LogP contribution is 2.05. The third kappa shape index (κ3) is 4.26.